The minimum Gasteiger partial charge on any atom is -0.361 e. The van der Waals surface area contributed by atoms with Crippen LogP contribution in [0.4, 0.5) is 0 Å². The molecule has 16 heavy (non-hydrogen) atoms. The van der Waals surface area contributed by atoms with Crippen LogP contribution in [0.15, 0.2) is 30.5 Å². The molecule has 1 heterocycles. The van der Waals surface area contributed by atoms with E-state index < -0.39 is 0 Å². The fourth-order valence-corrected chi connectivity index (χ4v) is 1.87. The van der Waals surface area contributed by atoms with Crippen molar-refractivity contribution in [3.63, 3.8) is 0 Å². The van der Waals surface area contributed by atoms with Crippen molar-refractivity contribution in [2.45, 2.75) is 0 Å². The van der Waals surface area contributed by atoms with Gasteiger partial charge in [-0.3, -0.25) is 4.79 Å². The van der Waals surface area contributed by atoms with E-state index in [1.165, 1.54) is 0 Å². The summed E-state index contributed by atoms with van der Waals surface area (Å²) in [6, 6.07) is 7.64. The standard InChI is InChI=1S/C12H14N2OS/c1-16-7-6-14-12(15)10-2-3-11-9(8-10)4-5-13-11/h2-5,8,13H,6-7H2,1H3,(H,14,15). The highest BCUT2D eigenvalue weighted by molar-refractivity contribution is 7.98. The summed E-state index contributed by atoms with van der Waals surface area (Å²) >= 11 is 1.72. The Kier molecular flexibility index (Phi) is 3.51. The number of thioether (sulfide) groups is 1. The van der Waals surface area contributed by atoms with Gasteiger partial charge in [-0.05, 0) is 30.5 Å². The minimum absolute atomic E-state index is 0.00264. The molecule has 0 unspecified atom stereocenters. The number of rotatable bonds is 4. The number of carbonyl (C=O) groups excluding carboxylic acids is 1. The Labute approximate surface area is 98.6 Å². The van der Waals surface area contributed by atoms with E-state index in [2.05, 4.69) is 10.3 Å². The smallest absolute Gasteiger partial charge is 0.251 e. The van der Waals surface area contributed by atoms with Crippen LogP contribution in [0.1, 0.15) is 10.4 Å². The molecule has 0 atom stereocenters. The van der Waals surface area contributed by atoms with E-state index in [9.17, 15) is 4.79 Å². The zero-order chi connectivity index (χ0) is 11.4. The molecule has 0 saturated carbocycles. The van der Waals surface area contributed by atoms with Gasteiger partial charge in [0.1, 0.15) is 0 Å². The van der Waals surface area contributed by atoms with Gasteiger partial charge in [-0.25, -0.2) is 0 Å². The third-order valence-electron chi connectivity index (χ3n) is 2.41. The second kappa shape index (κ2) is 5.07. The zero-order valence-corrected chi connectivity index (χ0v) is 9.93. The first-order valence-electron chi connectivity index (χ1n) is 5.15. The molecule has 1 aromatic heterocycles. The summed E-state index contributed by atoms with van der Waals surface area (Å²) < 4.78 is 0. The van der Waals surface area contributed by atoms with Gasteiger partial charge in [-0.15, -0.1) is 0 Å². The molecule has 1 amide bonds. The van der Waals surface area contributed by atoms with Crippen LogP contribution in [0, 0.1) is 0 Å². The van der Waals surface area contributed by atoms with Crippen molar-refractivity contribution in [2.75, 3.05) is 18.6 Å². The van der Waals surface area contributed by atoms with Crippen LogP contribution in [0.25, 0.3) is 10.9 Å². The summed E-state index contributed by atoms with van der Waals surface area (Å²) in [4.78, 5) is 14.9. The average molecular weight is 234 g/mol. The number of fused-ring (bicyclic) bond motifs is 1. The van der Waals surface area contributed by atoms with Gasteiger partial charge in [0.25, 0.3) is 5.91 Å². The number of carbonyl (C=O) groups is 1. The number of aromatic nitrogens is 1. The Morgan fingerprint density at radius 3 is 3.12 bits per heavy atom. The lowest BCUT2D eigenvalue weighted by Crippen LogP contribution is -2.25. The highest BCUT2D eigenvalue weighted by Gasteiger charge is 2.05. The predicted molar refractivity (Wildman–Crippen MR) is 69.0 cm³/mol. The zero-order valence-electron chi connectivity index (χ0n) is 9.12. The molecule has 84 valence electrons. The maximum Gasteiger partial charge on any atom is 0.251 e. The van der Waals surface area contributed by atoms with Crippen molar-refractivity contribution < 1.29 is 4.79 Å². The van der Waals surface area contributed by atoms with E-state index in [0.717, 1.165) is 16.7 Å². The molecular formula is C12H14N2OS. The number of amides is 1. The van der Waals surface area contributed by atoms with Gasteiger partial charge in [0.05, 0.1) is 0 Å². The molecule has 4 heteroatoms. The predicted octanol–water partition coefficient (Wildman–Crippen LogP) is 2.26. The molecule has 2 aromatic rings. The Morgan fingerprint density at radius 2 is 2.31 bits per heavy atom. The first kappa shape index (κ1) is 11.1. The van der Waals surface area contributed by atoms with Crippen LogP contribution in [-0.4, -0.2) is 29.4 Å². The molecule has 0 saturated heterocycles. The minimum atomic E-state index is -0.00264. The topological polar surface area (TPSA) is 44.9 Å². The fraction of sp³-hybridized carbons (Fsp3) is 0.250. The molecule has 0 aliphatic carbocycles. The Balaban J connectivity index is 2.10. The Hall–Kier alpha value is -1.42. The largest absolute Gasteiger partial charge is 0.361 e. The van der Waals surface area contributed by atoms with Gasteiger partial charge in [0, 0.05) is 35.0 Å². The Morgan fingerprint density at radius 1 is 1.44 bits per heavy atom. The van der Waals surface area contributed by atoms with Crippen LogP contribution in [0.2, 0.25) is 0 Å². The lowest BCUT2D eigenvalue weighted by molar-refractivity contribution is 0.0956. The van der Waals surface area contributed by atoms with Crippen molar-refractivity contribution in [3.05, 3.63) is 36.0 Å². The lowest BCUT2D eigenvalue weighted by Gasteiger charge is -2.04. The first-order chi connectivity index (χ1) is 7.81. The van der Waals surface area contributed by atoms with E-state index in [1.54, 1.807) is 11.8 Å². The summed E-state index contributed by atoms with van der Waals surface area (Å²) in [5.41, 5.74) is 1.77. The number of H-pyrrole nitrogens is 1. The maximum absolute atomic E-state index is 11.8. The summed E-state index contributed by atoms with van der Waals surface area (Å²) in [5.74, 6) is 0.940. The molecule has 0 spiro atoms. The molecule has 3 nitrogen and oxygen atoms in total. The second-order valence-corrected chi connectivity index (χ2v) is 4.51. The first-order valence-corrected chi connectivity index (χ1v) is 6.55. The van der Waals surface area contributed by atoms with Crippen molar-refractivity contribution in [3.8, 4) is 0 Å². The van der Waals surface area contributed by atoms with Crippen molar-refractivity contribution in [1.82, 2.24) is 10.3 Å². The Bertz CT molecular complexity index is 492. The SMILES string of the molecule is CSCCNC(=O)c1ccc2[nH]ccc2c1. The monoisotopic (exact) mass is 234 g/mol. The maximum atomic E-state index is 11.8. The van der Waals surface area contributed by atoms with E-state index in [4.69, 9.17) is 0 Å². The highest BCUT2D eigenvalue weighted by Crippen LogP contribution is 2.14. The number of nitrogens with one attached hydrogen (secondary N) is 2. The molecule has 0 aliphatic heterocycles. The van der Waals surface area contributed by atoms with Crippen LogP contribution >= 0.6 is 11.8 Å². The van der Waals surface area contributed by atoms with E-state index in [0.29, 0.717) is 12.1 Å². The fourth-order valence-electron chi connectivity index (χ4n) is 1.56. The second-order valence-electron chi connectivity index (χ2n) is 3.53. The quantitative estimate of drug-likeness (QED) is 0.797. The lowest BCUT2D eigenvalue weighted by atomic mass is 10.1. The van der Waals surface area contributed by atoms with Gasteiger partial charge < -0.3 is 10.3 Å². The van der Waals surface area contributed by atoms with Gasteiger partial charge >= 0.3 is 0 Å². The molecular weight excluding hydrogens is 220 g/mol. The van der Waals surface area contributed by atoms with Crippen LogP contribution in [0.3, 0.4) is 0 Å². The summed E-state index contributed by atoms with van der Waals surface area (Å²) in [7, 11) is 0. The molecule has 0 bridgehead atoms. The number of hydrogen-bond acceptors (Lipinski definition) is 2. The van der Waals surface area contributed by atoms with Gasteiger partial charge in [-0.1, -0.05) is 0 Å². The number of aromatic amines is 1. The summed E-state index contributed by atoms with van der Waals surface area (Å²) in [6.07, 6.45) is 3.90. The molecule has 2 N–H and O–H groups in total. The molecule has 0 fully saturated rings. The van der Waals surface area contributed by atoms with Crippen molar-refractivity contribution in [2.24, 2.45) is 0 Å². The van der Waals surface area contributed by atoms with Gasteiger partial charge in [0.15, 0.2) is 0 Å². The summed E-state index contributed by atoms with van der Waals surface area (Å²) in [6.45, 7) is 0.713. The van der Waals surface area contributed by atoms with Crippen LogP contribution in [0.5, 0.6) is 0 Å². The van der Waals surface area contributed by atoms with Crippen LogP contribution < -0.4 is 5.32 Å². The molecule has 2 rings (SSSR count). The number of hydrogen-bond donors (Lipinski definition) is 2. The number of benzene rings is 1. The van der Waals surface area contributed by atoms with Crippen LogP contribution in [-0.2, 0) is 0 Å². The normalized spacial score (nSPS) is 10.6. The molecule has 0 radical (unpaired) electrons. The summed E-state index contributed by atoms with van der Waals surface area (Å²) in [5, 5.41) is 3.95. The van der Waals surface area contributed by atoms with E-state index in [-0.39, 0.29) is 5.91 Å². The van der Waals surface area contributed by atoms with Gasteiger partial charge in [-0.2, -0.15) is 11.8 Å². The average Bonchev–Trinajstić information content (AvgIpc) is 2.76. The van der Waals surface area contributed by atoms with E-state index in [1.807, 2.05) is 36.7 Å². The van der Waals surface area contributed by atoms with Gasteiger partial charge in [0.2, 0.25) is 0 Å². The third kappa shape index (κ3) is 2.39. The highest BCUT2D eigenvalue weighted by atomic mass is 32.2. The van der Waals surface area contributed by atoms with E-state index >= 15 is 0 Å². The third-order valence-corrected chi connectivity index (χ3v) is 3.02. The molecule has 0 aliphatic rings. The van der Waals surface area contributed by atoms with Crippen molar-refractivity contribution in [1.29, 1.82) is 0 Å². The molecule has 1 aromatic carbocycles. The van der Waals surface area contributed by atoms with Crippen molar-refractivity contribution >= 4 is 28.6 Å².